The number of para-hydroxylation sites is 1. The van der Waals surface area contributed by atoms with E-state index in [1.807, 2.05) is 26.0 Å². The summed E-state index contributed by atoms with van der Waals surface area (Å²) in [7, 11) is 0. The Bertz CT molecular complexity index is 921. The first-order valence-corrected chi connectivity index (χ1v) is 11.4. The Kier molecular flexibility index (Phi) is 8.04. The molecule has 1 aliphatic rings. The number of carbonyl (C=O) groups is 2. The number of hydrogen-bond acceptors (Lipinski definition) is 3. The van der Waals surface area contributed by atoms with Gasteiger partial charge in [0.05, 0.1) is 21.3 Å². The predicted molar refractivity (Wildman–Crippen MR) is 129 cm³/mol. The van der Waals surface area contributed by atoms with E-state index in [2.05, 4.69) is 15.5 Å². The van der Waals surface area contributed by atoms with Gasteiger partial charge in [-0.3, -0.25) is 4.79 Å². The van der Waals surface area contributed by atoms with Gasteiger partial charge in [-0.05, 0) is 63.4 Å². The van der Waals surface area contributed by atoms with Gasteiger partial charge in [-0.25, -0.2) is 4.79 Å². The second-order valence-corrected chi connectivity index (χ2v) is 8.25. The summed E-state index contributed by atoms with van der Waals surface area (Å²) in [6.07, 6.45) is 3.43. The van der Waals surface area contributed by atoms with Crippen molar-refractivity contribution in [3.8, 4) is 0 Å². The van der Waals surface area contributed by atoms with E-state index in [9.17, 15) is 9.59 Å². The van der Waals surface area contributed by atoms with Crippen LogP contribution < -0.4 is 15.5 Å². The summed E-state index contributed by atoms with van der Waals surface area (Å²) in [4.78, 5) is 29.8. The molecule has 1 heterocycles. The van der Waals surface area contributed by atoms with Gasteiger partial charge in [0.2, 0.25) is 0 Å². The normalized spacial score (nSPS) is 13.6. The molecule has 6 nitrogen and oxygen atoms in total. The number of anilines is 3. The SMILES string of the molecule is CCN(CC)C(=O)c1cc(NC(=O)Nc2c(Cl)cccc2Cl)ccc1N1CCCCC1. The Labute approximate surface area is 193 Å². The second-order valence-electron chi connectivity index (χ2n) is 7.43. The molecule has 2 N–H and O–H groups in total. The number of rotatable bonds is 6. The highest BCUT2D eigenvalue weighted by molar-refractivity contribution is 6.39. The zero-order valence-electron chi connectivity index (χ0n) is 17.9. The van der Waals surface area contributed by atoms with E-state index in [4.69, 9.17) is 23.2 Å². The maximum atomic E-state index is 13.2. The number of halogens is 2. The highest BCUT2D eigenvalue weighted by Crippen LogP contribution is 2.31. The zero-order valence-corrected chi connectivity index (χ0v) is 19.4. The summed E-state index contributed by atoms with van der Waals surface area (Å²) in [5, 5.41) is 6.16. The van der Waals surface area contributed by atoms with E-state index in [-0.39, 0.29) is 5.91 Å². The highest BCUT2D eigenvalue weighted by atomic mass is 35.5. The molecule has 2 aromatic rings. The minimum Gasteiger partial charge on any atom is -0.371 e. The van der Waals surface area contributed by atoms with Crippen LogP contribution in [0.4, 0.5) is 21.9 Å². The number of nitrogens with one attached hydrogen (secondary N) is 2. The van der Waals surface area contributed by atoms with Crippen molar-refractivity contribution in [1.29, 1.82) is 0 Å². The van der Waals surface area contributed by atoms with Crippen molar-refractivity contribution in [3.05, 3.63) is 52.0 Å². The number of nitrogens with zero attached hydrogens (tertiary/aromatic N) is 2. The number of hydrogen-bond donors (Lipinski definition) is 2. The van der Waals surface area contributed by atoms with Crippen LogP contribution in [0.25, 0.3) is 0 Å². The summed E-state index contributed by atoms with van der Waals surface area (Å²) in [6.45, 7) is 7.03. The van der Waals surface area contributed by atoms with E-state index >= 15 is 0 Å². The first kappa shape index (κ1) is 23.2. The van der Waals surface area contributed by atoms with Crippen LogP contribution in [0.3, 0.4) is 0 Å². The topological polar surface area (TPSA) is 64.7 Å². The van der Waals surface area contributed by atoms with Crippen molar-refractivity contribution >= 4 is 52.2 Å². The van der Waals surface area contributed by atoms with Crippen LogP contribution in [0.5, 0.6) is 0 Å². The van der Waals surface area contributed by atoms with Crippen molar-refractivity contribution in [2.24, 2.45) is 0 Å². The number of urea groups is 1. The Hall–Kier alpha value is -2.44. The molecule has 0 spiro atoms. The molecule has 3 amide bonds. The summed E-state index contributed by atoms with van der Waals surface area (Å²) >= 11 is 12.3. The van der Waals surface area contributed by atoms with Gasteiger partial charge in [0.1, 0.15) is 0 Å². The molecule has 0 aliphatic carbocycles. The van der Waals surface area contributed by atoms with Crippen molar-refractivity contribution < 1.29 is 9.59 Å². The first-order valence-electron chi connectivity index (χ1n) is 10.6. The summed E-state index contributed by atoms with van der Waals surface area (Å²) in [5.41, 5.74) is 2.38. The average molecular weight is 463 g/mol. The van der Waals surface area contributed by atoms with Crippen molar-refractivity contribution in [2.45, 2.75) is 33.1 Å². The Morgan fingerprint density at radius 3 is 2.23 bits per heavy atom. The van der Waals surface area contributed by atoms with Gasteiger partial charge >= 0.3 is 6.03 Å². The summed E-state index contributed by atoms with van der Waals surface area (Å²) in [5.74, 6) is -0.0382. The molecule has 166 valence electrons. The van der Waals surface area contributed by atoms with Gasteiger partial charge in [0.25, 0.3) is 5.91 Å². The molecule has 2 aromatic carbocycles. The maximum absolute atomic E-state index is 13.2. The molecule has 0 unspecified atom stereocenters. The highest BCUT2D eigenvalue weighted by Gasteiger charge is 2.22. The lowest BCUT2D eigenvalue weighted by molar-refractivity contribution is 0.0773. The minimum atomic E-state index is -0.484. The number of benzene rings is 2. The van der Waals surface area contributed by atoms with Gasteiger partial charge in [0, 0.05) is 37.6 Å². The molecule has 1 aliphatic heterocycles. The third-order valence-corrected chi connectivity index (χ3v) is 6.06. The van der Waals surface area contributed by atoms with Gasteiger partial charge in [-0.15, -0.1) is 0 Å². The zero-order chi connectivity index (χ0) is 22.4. The van der Waals surface area contributed by atoms with Gasteiger partial charge in [0.15, 0.2) is 0 Å². The quantitative estimate of drug-likeness (QED) is 0.543. The van der Waals surface area contributed by atoms with Crippen LogP contribution in [-0.2, 0) is 0 Å². The van der Waals surface area contributed by atoms with Gasteiger partial charge in [-0.1, -0.05) is 29.3 Å². The minimum absolute atomic E-state index is 0.0382. The number of piperidine rings is 1. The monoisotopic (exact) mass is 462 g/mol. The molecule has 0 aromatic heterocycles. The molecule has 8 heteroatoms. The largest absolute Gasteiger partial charge is 0.371 e. The molecule has 0 saturated carbocycles. The Morgan fingerprint density at radius 1 is 0.968 bits per heavy atom. The lowest BCUT2D eigenvalue weighted by Crippen LogP contribution is -2.35. The van der Waals surface area contributed by atoms with E-state index in [1.54, 1.807) is 29.2 Å². The molecule has 0 radical (unpaired) electrons. The third kappa shape index (κ3) is 5.63. The fourth-order valence-electron chi connectivity index (χ4n) is 3.77. The van der Waals surface area contributed by atoms with E-state index in [0.29, 0.717) is 40.1 Å². The third-order valence-electron chi connectivity index (χ3n) is 5.43. The molecule has 1 saturated heterocycles. The lowest BCUT2D eigenvalue weighted by Gasteiger charge is -2.31. The van der Waals surface area contributed by atoms with Crippen molar-refractivity contribution in [3.63, 3.8) is 0 Å². The fraction of sp³-hybridized carbons (Fsp3) is 0.391. The van der Waals surface area contributed by atoms with Gasteiger partial charge < -0.3 is 20.4 Å². The standard InChI is InChI=1S/C23H28Cl2N4O2/c1-3-28(4-2)22(30)17-15-16(11-12-20(17)29-13-6-5-7-14-29)26-23(31)27-21-18(24)9-8-10-19(21)25/h8-12,15H,3-7,13-14H2,1-2H3,(H2,26,27,31). The number of amides is 3. The van der Waals surface area contributed by atoms with Gasteiger partial charge in [-0.2, -0.15) is 0 Å². The second kappa shape index (κ2) is 10.7. The smallest absolute Gasteiger partial charge is 0.323 e. The molecule has 0 atom stereocenters. The molecule has 1 fully saturated rings. The molecule has 31 heavy (non-hydrogen) atoms. The van der Waals surface area contributed by atoms with Crippen LogP contribution in [-0.4, -0.2) is 43.0 Å². The van der Waals surface area contributed by atoms with Crippen molar-refractivity contribution in [2.75, 3.05) is 41.7 Å². The van der Waals surface area contributed by atoms with E-state index in [1.165, 1.54) is 6.42 Å². The average Bonchev–Trinajstić information content (AvgIpc) is 2.77. The van der Waals surface area contributed by atoms with Crippen LogP contribution >= 0.6 is 23.2 Å². The fourth-order valence-corrected chi connectivity index (χ4v) is 4.26. The van der Waals surface area contributed by atoms with Crippen LogP contribution in [0.2, 0.25) is 10.0 Å². The Morgan fingerprint density at radius 2 is 1.61 bits per heavy atom. The first-order chi connectivity index (χ1) is 14.9. The molecule has 0 bridgehead atoms. The van der Waals surface area contributed by atoms with Crippen LogP contribution in [0.15, 0.2) is 36.4 Å². The predicted octanol–water partition coefficient (Wildman–Crippen LogP) is 6.11. The molecule has 3 rings (SSSR count). The molecular weight excluding hydrogens is 435 g/mol. The summed E-state index contributed by atoms with van der Waals surface area (Å²) in [6, 6.07) is 10.0. The lowest BCUT2D eigenvalue weighted by atomic mass is 10.1. The Balaban J connectivity index is 1.86. The van der Waals surface area contributed by atoms with E-state index in [0.717, 1.165) is 31.6 Å². The van der Waals surface area contributed by atoms with Crippen LogP contribution in [0.1, 0.15) is 43.5 Å². The number of carbonyl (C=O) groups excluding carboxylic acids is 2. The van der Waals surface area contributed by atoms with Crippen LogP contribution in [0, 0.1) is 0 Å². The summed E-state index contributed by atoms with van der Waals surface area (Å²) < 4.78 is 0. The maximum Gasteiger partial charge on any atom is 0.323 e. The molecular formula is C23H28Cl2N4O2. The van der Waals surface area contributed by atoms with Crippen molar-refractivity contribution in [1.82, 2.24) is 4.90 Å². The van der Waals surface area contributed by atoms with E-state index < -0.39 is 6.03 Å².